The first-order chi connectivity index (χ1) is 19.0. The highest BCUT2D eigenvalue weighted by atomic mass is 31.1. The second-order valence-electron chi connectivity index (χ2n) is 12.7. The van der Waals surface area contributed by atoms with E-state index in [9.17, 15) is 0 Å². The Kier molecular flexibility index (Phi) is 9.00. The van der Waals surface area contributed by atoms with Crippen LogP contribution >= 0.6 is 15.8 Å². The fourth-order valence-corrected chi connectivity index (χ4v) is 12.9. The van der Waals surface area contributed by atoms with Crippen molar-refractivity contribution in [3.63, 3.8) is 0 Å². The van der Waals surface area contributed by atoms with Crippen LogP contribution in [0.2, 0.25) is 0 Å². The molecule has 1 fully saturated rings. The predicted octanol–water partition coefficient (Wildman–Crippen LogP) is 8.75. The highest BCUT2D eigenvalue weighted by Gasteiger charge is 2.36. The number of hydrogen-bond acceptors (Lipinski definition) is 0. The molecule has 0 aromatic heterocycles. The van der Waals surface area contributed by atoms with Crippen LogP contribution in [0, 0.1) is 67.2 Å². The molecule has 0 N–H and O–H groups in total. The number of benzene rings is 4. The molecule has 0 nitrogen and oxygen atoms in total. The minimum Gasteiger partial charge on any atom is -0.0563 e. The summed E-state index contributed by atoms with van der Waals surface area (Å²) in [5.41, 5.74) is 11.1. The van der Waals surface area contributed by atoms with Gasteiger partial charge in [-0.3, -0.25) is 0 Å². The predicted molar refractivity (Wildman–Crippen MR) is 182 cm³/mol. The molecule has 0 aliphatic heterocycles. The quantitative estimate of drug-likeness (QED) is 0.188. The van der Waals surface area contributed by atoms with Crippen LogP contribution in [0.4, 0.5) is 0 Å². The van der Waals surface area contributed by atoms with E-state index in [1.807, 2.05) is 0 Å². The second-order valence-corrected chi connectivity index (χ2v) is 17.2. The SMILES string of the molecule is Cc1cc(C)cc(P(CC2CC[C@H]2CP(c2cc(C)cc(C)c2)c2cc(C)cc(C)c2)c2cc(C)cc(C)c2)c1. The van der Waals surface area contributed by atoms with Gasteiger partial charge in [0.15, 0.2) is 0 Å². The summed E-state index contributed by atoms with van der Waals surface area (Å²) in [5, 5.41) is 6.26. The third-order valence-corrected chi connectivity index (χ3v) is 13.7. The van der Waals surface area contributed by atoms with Crippen LogP contribution in [0.25, 0.3) is 0 Å². The van der Waals surface area contributed by atoms with Crippen LogP contribution in [-0.2, 0) is 0 Å². The number of aryl methyl sites for hydroxylation is 8. The number of rotatable bonds is 8. The van der Waals surface area contributed by atoms with E-state index < -0.39 is 0 Å². The van der Waals surface area contributed by atoms with Gasteiger partial charge >= 0.3 is 0 Å². The normalized spacial score (nSPS) is 16.9. The zero-order chi connectivity index (χ0) is 28.6. The molecule has 2 heteroatoms. The molecular weight excluding hydrogens is 518 g/mol. The molecule has 5 rings (SSSR count). The zero-order valence-corrected chi connectivity index (χ0v) is 27.6. The van der Waals surface area contributed by atoms with Gasteiger partial charge in [0.05, 0.1) is 0 Å². The van der Waals surface area contributed by atoms with E-state index in [1.54, 1.807) is 21.2 Å². The molecule has 4 aromatic rings. The second kappa shape index (κ2) is 12.3. The molecule has 0 saturated heterocycles. The van der Waals surface area contributed by atoms with Crippen molar-refractivity contribution in [3.05, 3.63) is 117 Å². The summed E-state index contributed by atoms with van der Waals surface area (Å²) in [4.78, 5) is 0. The van der Waals surface area contributed by atoms with Gasteiger partial charge in [-0.05, 0) is 129 Å². The topological polar surface area (TPSA) is 0 Å². The standard InChI is InChI=1S/C38H46P2/c1-25-11-26(2)16-35(15-25)39(36-17-27(3)12-28(4)18-36)23-33-9-10-34(33)24-40(37-19-29(5)13-30(6)20-37)38-21-31(7)14-32(8)22-38/h11-22,33-34H,9-10,23-24H2,1-8H3/t33-,34?/m0/s1. The first-order valence-electron chi connectivity index (χ1n) is 14.9. The van der Waals surface area contributed by atoms with Crippen LogP contribution in [-0.4, -0.2) is 12.3 Å². The lowest BCUT2D eigenvalue weighted by Crippen LogP contribution is -2.35. The first kappa shape index (κ1) is 29.2. The van der Waals surface area contributed by atoms with E-state index >= 15 is 0 Å². The van der Waals surface area contributed by atoms with Gasteiger partial charge in [-0.2, -0.15) is 0 Å². The Morgan fingerprint density at radius 1 is 0.375 bits per heavy atom. The Balaban J connectivity index is 1.48. The molecule has 0 radical (unpaired) electrons. The molecule has 0 bridgehead atoms. The molecular formula is C38H46P2. The van der Waals surface area contributed by atoms with Gasteiger partial charge in [-0.25, -0.2) is 0 Å². The van der Waals surface area contributed by atoms with Crippen molar-refractivity contribution >= 4 is 37.1 Å². The van der Waals surface area contributed by atoms with Gasteiger partial charge in [0.1, 0.15) is 0 Å². The van der Waals surface area contributed by atoms with Crippen LogP contribution in [0.5, 0.6) is 0 Å². The van der Waals surface area contributed by atoms with E-state index in [1.165, 1.54) is 69.7 Å². The van der Waals surface area contributed by atoms with Gasteiger partial charge in [0.25, 0.3) is 0 Å². The summed E-state index contributed by atoms with van der Waals surface area (Å²) < 4.78 is 0. The molecule has 1 unspecified atom stereocenters. The van der Waals surface area contributed by atoms with Crippen LogP contribution in [0.3, 0.4) is 0 Å². The van der Waals surface area contributed by atoms with Gasteiger partial charge in [0.2, 0.25) is 0 Å². The largest absolute Gasteiger partial charge is 0.0563 e. The van der Waals surface area contributed by atoms with Crippen molar-refractivity contribution in [2.75, 3.05) is 12.3 Å². The van der Waals surface area contributed by atoms with Crippen molar-refractivity contribution in [3.8, 4) is 0 Å². The van der Waals surface area contributed by atoms with Crippen molar-refractivity contribution in [2.45, 2.75) is 68.2 Å². The van der Waals surface area contributed by atoms with E-state index in [4.69, 9.17) is 0 Å². The van der Waals surface area contributed by atoms with Gasteiger partial charge in [-0.15, -0.1) is 0 Å². The van der Waals surface area contributed by atoms with Gasteiger partial charge in [0, 0.05) is 0 Å². The lowest BCUT2D eigenvalue weighted by molar-refractivity contribution is 0.228. The Labute approximate surface area is 246 Å². The molecule has 0 amide bonds. The van der Waals surface area contributed by atoms with Crippen LogP contribution in [0.1, 0.15) is 57.3 Å². The minimum absolute atomic E-state index is 0.383. The van der Waals surface area contributed by atoms with Crippen molar-refractivity contribution in [2.24, 2.45) is 11.8 Å². The maximum atomic E-state index is 2.47. The summed E-state index contributed by atoms with van der Waals surface area (Å²) in [5.74, 6) is 1.60. The highest BCUT2D eigenvalue weighted by Crippen LogP contribution is 2.50. The van der Waals surface area contributed by atoms with Crippen LogP contribution < -0.4 is 21.2 Å². The van der Waals surface area contributed by atoms with Gasteiger partial charge in [-0.1, -0.05) is 117 Å². The van der Waals surface area contributed by atoms with E-state index in [2.05, 4.69) is 128 Å². The molecule has 1 aliphatic rings. The van der Waals surface area contributed by atoms with Crippen molar-refractivity contribution in [1.82, 2.24) is 0 Å². The summed E-state index contributed by atoms with van der Waals surface area (Å²) in [6.45, 7) is 18.1. The van der Waals surface area contributed by atoms with E-state index in [0.717, 1.165) is 11.8 Å². The molecule has 1 aliphatic carbocycles. The van der Waals surface area contributed by atoms with Crippen LogP contribution in [0.15, 0.2) is 72.8 Å². The third kappa shape index (κ3) is 6.96. The summed E-state index contributed by atoms with van der Waals surface area (Å²) in [6.07, 6.45) is 5.38. The number of hydrogen-bond donors (Lipinski definition) is 0. The molecule has 4 aromatic carbocycles. The first-order valence-corrected chi connectivity index (χ1v) is 18.0. The highest BCUT2D eigenvalue weighted by molar-refractivity contribution is 7.73. The Morgan fingerprint density at radius 2 is 0.575 bits per heavy atom. The summed E-state index contributed by atoms with van der Waals surface area (Å²) in [6, 6.07) is 29.1. The molecule has 40 heavy (non-hydrogen) atoms. The lowest BCUT2D eigenvalue weighted by Gasteiger charge is -2.41. The lowest BCUT2D eigenvalue weighted by atomic mass is 9.76. The van der Waals surface area contributed by atoms with E-state index in [0.29, 0.717) is 0 Å². The van der Waals surface area contributed by atoms with Gasteiger partial charge < -0.3 is 0 Å². The average molecular weight is 565 g/mol. The molecule has 208 valence electrons. The summed E-state index contributed by atoms with van der Waals surface area (Å²) >= 11 is 0. The maximum Gasteiger partial charge on any atom is -0.0190 e. The molecule has 0 heterocycles. The smallest absolute Gasteiger partial charge is 0.0190 e. The molecule has 1 saturated carbocycles. The minimum atomic E-state index is -0.383. The zero-order valence-electron chi connectivity index (χ0n) is 25.8. The average Bonchev–Trinajstić information content (AvgIpc) is 2.81. The molecule has 0 spiro atoms. The monoisotopic (exact) mass is 564 g/mol. The fourth-order valence-electron chi connectivity index (χ4n) is 6.73. The maximum absolute atomic E-state index is 2.47. The van der Waals surface area contributed by atoms with E-state index in [-0.39, 0.29) is 15.8 Å². The fraction of sp³-hybridized carbons (Fsp3) is 0.368. The summed E-state index contributed by atoms with van der Waals surface area (Å²) in [7, 11) is -0.766. The Morgan fingerprint density at radius 3 is 0.750 bits per heavy atom. The van der Waals surface area contributed by atoms with Crippen molar-refractivity contribution < 1.29 is 0 Å². The van der Waals surface area contributed by atoms with Crippen molar-refractivity contribution in [1.29, 1.82) is 0 Å². The molecule has 2 atom stereocenters. The Hall–Kier alpha value is -2.26. The Bertz CT molecular complexity index is 1220. The third-order valence-electron chi connectivity index (χ3n) is 8.48.